The molecule has 1 amide bonds. The molecule has 0 bridgehead atoms. The molecule has 2 aromatic heterocycles. The van der Waals surface area contributed by atoms with Gasteiger partial charge < -0.3 is 28.6 Å². The van der Waals surface area contributed by atoms with Gasteiger partial charge in [0.15, 0.2) is 0 Å². The highest BCUT2D eigenvalue weighted by Crippen LogP contribution is 2.38. The lowest BCUT2D eigenvalue weighted by molar-refractivity contribution is 0.0280. The topological polar surface area (TPSA) is 92.6 Å². The van der Waals surface area contributed by atoms with Crippen molar-refractivity contribution in [1.82, 2.24) is 29.2 Å². The average Bonchev–Trinajstić information content (AvgIpc) is 3.55. The van der Waals surface area contributed by atoms with Crippen LogP contribution in [0, 0.1) is 5.92 Å². The van der Waals surface area contributed by atoms with Gasteiger partial charge in [-0.1, -0.05) is 0 Å². The fourth-order valence-corrected chi connectivity index (χ4v) is 7.65. The zero-order chi connectivity index (χ0) is 34.0. The third-order valence-electron chi connectivity index (χ3n) is 10.2. The fourth-order valence-electron chi connectivity index (χ4n) is 7.65. The van der Waals surface area contributed by atoms with Gasteiger partial charge in [0.25, 0.3) is 5.56 Å². The lowest BCUT2D eigenvalue weighted by atomic mass is 9.98. The second-order valence-electron chi connectivity index (χ2n) is 14.7. The van der Waals surface area contributed by atoms with Crippen molar-refractivity contribution in [1.29, 1.82) is 0 Å². The molecule has 0 N–H and O–H groups in total. The molecule has 0 aliphatic carbocycles. The smallest absolute Gasteiger partial charge is 0.410 e. The first-order chi connectivity index (χ1) is 23.0. The van der Waals surface area contributed by atoms with E-state index in [2.05, 4.69) is 31.8 Å². The molecule has 0 radical (unpaired) electrons. The summed E-state index contributed by atoms with van der Waals surface area (Å²) < 4.78 is 19.1. The number of pyridine rings is 2. The number of carbonyl (C=O) groups excluding carboxylic acids is 1. The predicted octanol–water partition coefficient (Wildman–Crippen LogP) is 4.46. The molecule has 6 rings (SSSR count). The van der Waals surface area contributed by atoms with E-state index in [1.54, 1.807) is 38.2 Å². The Morgan fingerprint density at radius 2 is 1.60 bits per heavy atom. The van der Waals surface area contributed by atoms with Crippen molar-refractivity contribution in [2.24, 2.45) is 13.0 Å². The van der Waals surface area contributed by atoms with Gasteiger partial charge in [0.05, 0.1) is 25.2 Å². The van der Waals surface area contributed by atoms with Crippen molar-refractivity contribution in [3.05, 3.63) is 52.7 Å². The van der Waals surface area contributed by atoms with Crippen molar-refractivity contribution in [2.45, 2.75) is 58.2 Å². The van der Waals surface area contributed by atoms with Crippen LogP contribution in [0.2, 0.25) is 0 Å². The van der Waals surface area contributed by atoms with Gasteiger partial charge in [-0.25, -0.2) is 4.79 Å². The number of piperazine rings is 1. The molecule has 1 aromatic carbocycles. The lowest BCUT2D eigenvalue weighted by Gasteiger charge is -2.43. The molecule has 1 atom stereocenters. The van der Waals surface area contributed by atoms with E-state index in [1.165, 1.54) is 12.8 Å². The molecule has 0 saturated carbocycles. The number of likely N-dealkylation sites (tertiary alicyclic amines) is 2. The van der Waals surface area contributed by atoms with Gasteiger partial charge in [0.1, 0.15) is 17.1 Å². The number of ether oxygens (including phenoxy) is 3. The van der Waals surface area contributed by atoms with Crippen LogP contribution in [0.25, 0.3) is 21.9 Å². The quantitative estimate of drug-likeness (QED) is 0.348. The van der Waals surface area contributed by atoms with E-state index in [1.807, 2.05) is 37.9 Å². The van der Waals surface area contributed by atoms with E-state index in [0.29, 0.717) is 17.3 Å². The van der Waals surface area contributed by atoms with Crippen LogP contribution in [-0.4, -0.2) is 120 Å². The fraction of sp³-hybridized carbons (Fsp3) is 0.595. The van der Waals surface area contributed by atoms with Crippen LogP contribution < -0.4 is 15.0 Å². The van der Waals surface area contributed by atoms with Crippen LogP contribution in [-0.2, 0) is 18.3 Å². The number of amides is 1. The summed E-state index contributed by atoms with van der Waals surface area (Å²) in [5.41, 5.74) is 2.39. The molecule has 0 spiro atoms. The lowest BCUT2D eigenvalue weighted by Crippen LogP contribution is -2.53. The Kier molecular flexibility index (Phi) is 10.3. The Balaban J connectivity index is 1.02. The minimum absolute atomic E-state index is 0.0700. The van der Waals surface area contributed by atoms with E-state index < -0.39 is 5.60 Å². The van der Waals surface area contributed by atoms with Crippen molar-refractivity contribution in [2.75, 3.05) is 73.1 Å². The number of carbonyl (C=O) groups is 1. The van der Waals surface area contributed by atoms with Crippen LogP contribution in [0.3, 0.4) is 0 Å². The first kappa shape index (κ1) is 34.2. The molecule has 260 valence electrons. The summed E-state index contributed by atoms with van der Waals surface area (Å²) in [6, 6.07) is 6.63. The Hall–Kier alpha value is -3.67. The Morgan fingerprint density at radius 1 is 0.917 bits per heavy atom. The van der Waals surface area contributed by atoms with Crippen LogP contribution in [0.4, 0.5) is 4.79 Å². The number of nitrogens with zero attached hydrogens (tertiary/aromatic N) is 6. The normalized spacial score (nSPS) is 20.4. The van der Waals surface area contributed by atoms with Gasteiger partial charge in [0.2, 0.25) is 0 Å². The maximum atomic E-state index is 12.7. The van der Waals surface area contributed by atoms with E-state index in [0.717, 1.165) is 105 Å². The number of hydrogen-bond donors (Lipinski definition) is 0. The summed E-state index contributed by atoms with van der Waals surface area (Å²) in [6.07, 6.45) is 8.49. The van der Waals surface area contributed by atoms with E-state index in [4.69, 9.17) is 14.2 Å². The molecular formula is C37H52N6O5. The van der Waals surface area contributed by atoms with Gasteiger partial charge >= 0.3 is 6.09 Å². The maximum absolute atomic E-state index is 12.7. The molecule has 11 heteroatoms. The molecule has 48 heavy (non-hydrogen) atoms. The number of fused-ring (bicyclic) bond motifs is 1. The number of aromatic nitrogens is 2. The molecule has 3 aliphatic heterocycles. The largest absolute Gasteiger partial charge is 0.496 e. The summed E-state index contributed by atoms with van der Waals surface area (Å²) >= 11 is 0. The Bertz CT molecular complexity index is 1630. The molecule has 5 heterocycles. The minimum Gasteiger partial charge on any atom is -0.496 e. The highest BCUT2D eigenvalue weighted by molar-refractivity contribution is 5.95. The van der Waals surface area contributed by atoms with E-state index in [-0.39, 0.29) is 11.7 Å². The predicted molar refractivity (Wildman–Crippen MR) is 188 cm³/mol. The Labute approximate surface area is 284 Å². The average molecular weight is 661 g/mol. The van der Waals surface area contributed by atoms with Gasteiger partial charge in [0, 0.05) is 89.6 Å². The zero-order valence-corrected chi connectivity index (χ0v) is 29.5. The van der Waals surface area contributed by atoms with Crippen molar-refractivity contribution in [3.63, 3.8) is 0 Å². The van der Waals surface area contributed by atoms with Crippen LogP contribution >= 0.6 is 0 Å². The second-order valence-corrected chi connectivity index (χ2v) is 14.7. The molecule has 3 aromatic rings. The summed E-state index contributed by atoms with van der Waals surface area (Å²) in [7, 11) is 5.18. The molecule has 3 fully saturated rings. The van der Waals surface area contributed by atoms with Gasteiger partial charge in [-0.2, -0.15) is 0 Å². The van der Waals surface area contributed by atoms with Crippen molar-refractivity contribution in [3.8, 4) is 22.6 Å². The molecular weight excluding hydrogens is 608 g/mol. The second kappa shape index (κ2) is 14.4. The summed E-state index contributed by atoms with van der Waals surface area (Å²) in [6.45, 7) is 15.5. The number of benzene rings is 1. The Morgan fingerprint density at radius 3 is 2.25 bits per heavy atom. The number of piperidine rings is 1. The monoisotopic (exact) mass is 660 g/mol. The highest BCUT2D eigenvalue weighted by atomic mass is 16.6. The first-order valence-electron chi connectivity index (χ1n) is 17.4. The summed E-state index contributed by atoms with van der Waals surface area (Å²) in [5.74, 6) is 2.09. The standard InChI is InChI=1S/C37H52N6O5/c1-37(2,3)48-36(45)43-14-8-26(23-43)22-40-12-9-28(10-13-40)42-17-15-41(16-18-42)25-32-33(46-5)19-27(20-34(32)47-6)31-24-39(4)35(44)30-21-38-11-7-29(30)31/h7,11,19-21,24,26,28H,8-10,12-18,22-23,25H2,1-6H3. The summed E-state index contributed by atoms with van der Waals surface area (Å²) in [4.78, 5) is 39.1. The van der Waals surface area contributed by atoms with Crippen molar-refractivity contribution >= 4 is 16.9 Å². The van der Waals surface area contributed by atoms with E-state index >= 15 is 0 Å². The molecule has 1 unspecified atom stereocenters. The number of aryl methyl sites for hydroxylation is 1. The van der Waals surface area contributed by atoms with Crippen LogP contribution in [0.1, 0.15) is 45.6 Å². The molecule has 3 aliphatic rings. The highest BCUT2D eigenvalue weighted by Gasteiger charge is 2.33. The summed E-state index contributed by atoms with van der Waals surface area (Å²) in [5, 5.41) is 1.44. The first-order valence-corrected chi connectivity index (χ1v) is 17.4. The van der Waals surface area contributed by atoms with Gasteiger partial charge in [-0.05, 0) is 88.2 Å². The van der Waals surface area contributed by atoms with E-state index in [9.17, 15) is 9.59 Å². The van der Waals surface area contributed by atoms with Crippen LogP contribution in [0.5, 0.6) is 11.5 Å². The van der Waals surface area contributed by atoms with Gasteiger partial charge in [-0.3, -0.25) is 19.6 Å². The van der Waals surface area contributed by atoms with Gasteiger partial charge in [-0.15, -0.1) is 0 Å². The van der Waals surface area contributed by atoms with Crippen LogP contribution in [0.15, 0.2) is 41.6 Å². The maximum Gasteiger partial charge on any atom is 0.410 e. The number of rotatable bonds is 8. The molecule has 11 nitrogen and oxygen atoms in total. The third kappa shape index (κ3) is 7.63. The number of methoxy groups -OCH3 is 2. The third-order valence-corrected chi connectivity index (χ3v) is 10.2. The SMILES string of the molecule is COc1cc(-c2cn(C)c(=O)c3cnccc23)cc(OC)c1CN1CCN(C2CCN(CC3CCN(C(=O)OC(C)(C)C)C3)CC2)CC1. The molecule has 3 saturated heterocycles. The minimum atomic E-state index is -0.450. The zero-order valence-electron chi connectivity index (χ0n) is 29.5. The number of hydrogen-bond acceptors (Lipinski definition) is 9. The van der Waals surface area contributed by atoms with Crippen molar-refractivity contribution < 1.29 is 19.0 Å².